The Bertz CT molecular complexity index is 1040. The fourth-order valence-corrected chi connectivity index (χ4v) is 4.49. The van der Waals surface area contributed by atoms with Crippen LogP contribution >= 0.6 is 0 Å². The zero-order valence-corrected chi connectivity index (χ0v) is 18.6. The van der Waals surface area contributed by atoms with Gasteiger partial charge in [0.05, 0.1) is 27.0 Å². The number of ether oxygens (including phenoxy) is 3. The maximum absolute atomic E-state index is 12.8. The van der Waals surface area contributed by atoms with Gasteiger partial charge in [-0.3, -0.25) is 9.59 Å². The van der Waals surface area contributed by atoms with Gasteiger partial charge in [-0.05, 0) is 30.7 Å². The molecule has 0 aliphatic heterocycles. The molecule has 0 saturated heterocycles. The normalized spacial score (nSPS) is 11.9. The highest BCUT2D eigenvalue weighted by Gasteiger charge is 2.33. The molecule has 0 radical (unpaired) electrons. The Morgan fingerprint density at radius 3 is 2.16 bits per heavy atom. The number of amides is 2. The zero-order chi connectivity index (χ0) is 23.0. The van der Waals surface area contributed by atoms with E-state index in [-0.39, 0.29) is 6.42 Å². The highest BCUT2D eigenvalue weighted by Crippen LogP contribution is 2.30. The lowest BCUT2D eigenvalue weighted by atomic mass is 10.2. The lowest BCUT2D eigenvalue weighted by Crippen LogP contribution is -2.39. The number of anilines is 2. The molecule has 0 aliphatic rings. The van der Waals surface area contributed by atoms with Crippen molar-refractivity contribution in [2.24, 2.45) is 0 Å². The molecule has 10 heteroatoms. The Hall–Kier alpha value is -3.27. The Kier molecular flexibility index (Phi) is 8.26. The molecular weight excluding hydrogens is 424 g/mol. The van der Waals surface area contributed by atoms with Crippen molar-refractivity contribution < 1.29 is 32.2 Å². The standard InChI is InChI=1S/C21H26N2O7S/c1-5-19(21(25)23-15-8-6-7-9-16(15)28-2)31(26,27)13-20(24)22-14-10-11-17(29-3)18(12-14)30-4/h6-12,19H,5,13H2,1-4H3,(H,22,24)(H,23,25). The van der Waals surface area contributed by atoms with Gasteiger partial charge in [0.2, 0.25) is 11.8 Å². The second-order valence-corrected chi connectivity index (χ2v) is 8.69. The molecule has 1 atom stereocenters. The van der Waals surface area contributed by atoms with Crippen molar-refractivity contribution in [2.45, 2.75) is 18.6 Å². The first-order valence-corrected chi connectivity index (χ1v) is 11.1. The topological polar surface area (TPSA) is 120 Å². The Morgan fingerprint density at radius 1 is 0.903 bits per heavy atom. The molecule has 0 aromatic heterocycles. The summed E-state index contributed by atoms with van der Waals surface area (Å²) in [6, 6.07) is 11.3. The number of nitrogens with one attached hydrogen (secondary N) is 2. The summed E-state index contributed by atoms with van der Waals surface area (Å²) in [6.45, 7) is 1.57. The van der Waals surface area contributed by atoms with Gasteiger partial charge in [0, 0.05) is 11.8 Å². The molecule has 0 aliphatic carbocycles. The van der Waals surface area contributed by atoms with E-state index < -0.39 is 32.7 Å². The van der Waals surface area contributed by atoms with E-state index in [1.807, 2.05) is 0 Å². The van der Waals surface area contributed by atoms with Crippen molar-refractivity contribution in [3.8, 4) is 17.2 Å². The molecule has 2 amide bonds. The van der Waals surface area contributed by atoms with Crippen LogP contribution in [0.2, 0.25) is 0 Å². The van der Waals surface area contributed by atoms with Crippen LogP contribution in [0.4, 0.5) is 11.4 Å². The summed E-state index contributed by atoms with van der Waals surface area (Å²) < 4.78 is 41.0. The smallest absolute Gasteiger partial charge is 0.242 e. The summed E-state index contributed by atoms with van der Waals surface area (Å²) in [5, 5.41) is 3.67. The third-order valence-corrected chi connectivity index (χ3v) is 6.54. The van der Waals surface area contributed by atoms with Crippen LogP contribution in [-0.4, -0.2) is 52.6 Å². The highest BCUT2D eigenvalue weighted by atomic mass is 32.2. The van der Waals surface area contributed by atoms with Crippen molar-refractivity contribution in [2.75, 3.05) is 37.7 Å². The summed E-state index contributed by atoms with van der Waals surface area (Å²) in [5.74, 6) is -1.10. The van der Waals surface area contributed by atoms with Crippen molar-refractivity contribution in [3.05, 3.63) is 42.5 Å². The van der Waals surface area contributed by atoms with Gasteiger partial charge in [-0.15, -0.1) is 0 Å². The largest absolute Gasteiger partial charge is 0.495 e. The lowest BCUT2D eigenvalue weighted by molar-refractivity contribution is -0.115. The fourth-order valence-electron chi connectivity index (χ4n) is 2.96. The van der Waals surface area contributed by atoms with Crippen molar-refractivity contribution in [1.82, 2.24) is 0 Å². The number of para-hydroxylation sites is 2. The minimum Gasteiger partial charge on any atom is -0.495 e. The number of methoxy groups -OCH3 is 3. The minimum atomic E-state index is -4.08. The van der Waals surface area contributed by atoms with Crippen LogP contribution < -0.4 is 24.8 Å². The predicted octanol–water partition coefficient (Wildman–Crippen LogP) is 2.48. The first-order chi connectivity index (χ1) is 14.7. The van der Waals surface area contributed by atoms with Crippen LogP contribution in [0.3, 0.4) is 0 Å². The highest BCUT2D eigenvalue weighted by molar-refractivity contribution is 7.93. The Labute approximate surface area is 181 Å². The number of hydrogen-bond acceptors (Lipinski definition) is 7. The molecule has 31 heavy (non-hydrogen) atoms. The van der Waals surface area contributed by atoms with Gasteiger partial charge in [0.25, 0.3) is 0 Å². The molecule has 0 spiro atoms. The first kappa shape index (κ1) is 24.0. The summed E-state index contributed by atoms with van der Waals surface area (Å²) >= 11 is 0. The number of rotatable bonds is 10. The summed E-state index contributed by atoms with van der Waals surface area (Å²) in [6.07, 6.45) is 0.00690. The Balaban J connectivity index is 2.11. The molecule has 0 fully saturated rings. The van der Waals surface area contributed by atoms with E-state index in [0.717, 1.165) is 0 Å². The molecule has 2 aromatic rings. The number of hydrogen-bond donors (Lipinski definition) is 2. The number of carbonyl (C=O) groups is 2. The number of benzene rings is 2. The molecule has 0 heterocycles. The maximum atomic E-state index is 12.8. The summed E-state index contributed by atoms with van der Waals surface area (Å²) in [7, 11) is 0.282. The van der Waals surface area contributed by atoms with E-state index >= 15 is 0 Å². The monoisotopic (exact) mass is 450 g/mol. The minimum absolute atomic E-state index is 0.00690. The van der Waals surface area contributed by atoms with E-state index in [2.05, 4.69) is 10.6 Å². The predicted molar refractivity (Wildman–Crippen MR) is 118 cm³/mol. The molecule has 0 saturated carbocycles. The molecule has 168 valence electrons. The van der Waals surface area contributed by atoms with E-state index in [1.54, 1.807) is 43.3 Å². The van der Waals surface area contributed by atoms with Gasteiger partial charge in [-0.25, -0.2) is 8.42 Å². The number of sulfone groups is 1. The van der Waals surface area contributed by atoms with Crippen LogP contribution in [0.5, 0.6) is 17.2 Å². The molecule has 2 N–H and O–H groups in total. The molecule has 2 rings (SSSR count). The van der Waals surface area contributed by atoms with Gasteiger partial charge in [0.1, 0.15) is 16.8 Å². The molecule has 0 bridgehead atoms. The Morgan fingerprint density at radius 2 is 1.55 bits per heavy atom. The second kappa shape index (κ2) is 10.7. The van der Waals surface area contributed by atoms with Crippen LogP contribution in [-0.2, 0) is 19.4 Å². The number of carbonyl (C=O) groups excluding carboxylic acids is 2. The molecular formula is C21H26N2O7S. The maximum Gasteiger partial charge on any atom is 0.242 e. The van der Waals surface area contributed by atoms with Crippen molar-refractivity contribution in [1.29, 1.82) is 0 Å². The zero-order valence-electron chi connectivity index (χ0n) is 17.8. The van der Waals surface area contributed by atoms with Gasteiger partial charge in [-0.1, -0.05) is 19.1 Å². The van der Waals surface area contributed by atoms with Gasteiger partial charge < -0.3 is 24.8 Å². The lowest BCUT2D eigenvalue weighted by Gasteiger charge is -2.17. The molecule has 9 nitrogen and oxygen atoms in total. The van der Waals surface area contributed by atoms with Gasteiger partial charge >= 0.3 is 0 Å². The van der Waals surface area contributed by atoms with Crippen LogP contribution in [0.15, 0.2) is 42.5 Å². The average molecular weight is 451 g/mol. The van der Waals surface area contributed by atoms with Crippen LogP contribution in [0.25, 0.3) is 0 Å². The first-order valence-electron chi connectivity index (χ1n) is 9.43. The SMILES string of the molecule is CCC(C(=O)Nc1ccccc1OC)S(=O)(=O)CC(=O)Nc1ccc(OC)c(OC)c1. The van der Waals surface area contributed by atoms with Gasteiger partial charge in [-0.2, -0.15) is 0 Å². The van der Waals surface area contributed by atoms with E-state index in [0.29, 0.717) is 28.6 Å². The van der Waals surface area contributed by atoms with E-state index in [9.17, 15) is 18.0 Å². The fraction of sp³-hybridized carbons (Fsp3) is 0.333. The average Bonchev–Trinajstić information content (AvgIpc) is 2.73. The van der Waals surface area contributed by atoms with E-state index in [4.69, 9.17) is 14.2 Å². The summed E-state index contributed by atoms with van der Waals surface area (Å²) in [5.41, 5.74) is 0.683. The van der Waals surface area contributed by atoms with Gasteiger partial charge in [0.15, 0.2) is 21.3 Å². The molecule has 1 unspecified atom stereocenters. The third-order valence-electron chi connectivity index (χ3n) is 4.46. The summed E-state index contributed by atoms with van der Waals surface area (Å²) in [4.78, 5) is 25.0. The second-order valence-electron chi connectivity index (χ2n) is 6.51. The van der Waals surface area contributed by atoms with Crippen molar-refractivity contribution in [3.63, 3.8) is 0 Å². The van der Waals surface area contributed by atoms with Crippen LogP contribution in [0, 0.1) is 0 Å². The quantitative estimate of drug-likeness (QED) is 0.571. The molecule has 2 aromatic carbocycles. The van der Waals surface area contributed by atoms with Crippen molar-refractivity contribution >= 4 is 33.0 Å². The van der Waals surface area contributed by atoms with E-state index in [1.165, 1.54) is 27.4 Å². The third kappa shape index (κ3) is 6.11. The van der Waals surface area contributed by atoms with Crippen LogP contribution in [0.1, 0.15) is 13.3 Å².